The predicted molar refractivity (Wildman–Crippen MR) is 90.4 cm³/mol. The maximum atomic E-state index is 11.1. The van der Waals surface area contributed by atoms with Gasteiger partial charge in [0.1, 0.15) is 5.75 Å². The standard InChI is InChI=1S/C15H24N2O3.C2H6/c1-5-17(11-10-16-15(18)20-4)12(2)13-8-6-7-9-14(13)19-3;1-2/h6-9,12H,5,10-11H2,1-4H3,(H,16,18);1-2H3/t12-;/m0./s1. The minimum atomic E-state index is -0.397. The van der Waals surface area contributed by atoms with Crippen LogP contribution >= 0.6 is 0 Å². The van der Waals surface area contributed by atoms with Crippen LogP contribution in [0.4, 0.5) is 4.79 Å². The number of hydrogen-bond acceptors (Lipinski definition) is 4. The number of carbonyl (C=O) groups is 1. The van der Waals surface area contributed by atoms with Gasteiger partial charge in [-0.15, -0.1) is 0 Å². The van der Waals surface area contributed by atoms with E-state index in [2.05, 4.69) is 34.9 Å². The first-order valence-corrected chi connectivity index (χ1v) is 7.82. The van der Waals surface area contributed by atoms with Gasteiger partial charge in [0.15, 0.2) is 0 Å². The number of benzene rings is 1. The van der Waals surface area contributed by atoms with Crippen molar-refractivity contribution in [3.63, 3.8) is 0 Å². The van der Waals surface area contributed by atoms with E-state index in [0.717, 1.165) is 24.4 Å². The van der Waals surface area contributed by atoms with Gasteiger partial charge < -0.3 is 14.8 Å². The maximum absolute atomic E-state index is 11.1. The molecule has 0 aliphatic carbocycles. The lowest BCUT2D eigenvalue weighted by atomic mass is 10.1. The summed E-state index contributed by atoms with van der Waals surface area (Å²) in [6.45, 7) is 10.4. The Bertz CT molecular complexity index is 424. The average molecular weight is 310 g/mol. The van der Waals surface area contributed by atoms with E-state index in [1.165, 1.54) is 7.11 Å². The largest absolute Gasteiger partial charge is 0.496 e. The average Bonchev–Trinajstić information content (AvgIpc) is 2.59. The first-order valence-electron chi connectivity index (χ1n) is 7.82. The van der Waals surface area contributed by atoms with Gasteiger partial charge >= 0.3 is 6.09 Å². The van der Waals surface area contributed by atoms with Crippen LogP contribution in [-0.2, 0) is 4.74 Å². The Hall–Kier alpha value is -1.75. The second-order valence-corrected chi connectivity index (χ2v) is 4.46. The zero-order chi connectivity index (χ0) is 17.0. The Balaban J connectivity index is 0.00000211. The molecule has 0 aromatic heterocycles. The number of ether oxygens (including phenoxy) is 2. The van der Waals surface area contributed by atoms with Crippen LogP contribution in [0.25, 0.3) is 0 Å². The first kappa shape index (κ1) is 20.2. The summed E-state index contributed by atoms with van der Waals surface area (Å²) in [5.74, 6) is 0.888. The minimum Gasteiger partial charge on any atom is -0.496 e. The number of amides is 1. The predicted octanol–water partition coefficient (Wildman–Crippen LogP) is 3.46. The molecule has 0 aliphatic heterocycles. The van der Waals surface area contributed by atoms with E-state index in [-0.39, 0.29) is 6.04 Å². The van der Waals surface area contributed by atoms with Gasteiger partial charge in [0.05, 0.1) is 14.2 Å². The van der Waals surface area contributed by atoms with Gasteiger partial charge in [-0.1, -0.05) is 39.0 Å². The molecule has 0 saturated carbocycles. The highest BCUT2D eigenvalue weighted by atomic mass is 16.5. The van der Waals surface area contributed by atoms with Crippen molar-refractivity contribution in [1.29, 1.82) is 0 Å². The van der Waals surface area contributed by atoms with Gasteiger partial charge in [-0.3, -0.25) is 4.90 Å². The second-order valence-electron chi connectivity index (χ2n) is 4.46. The molecule has 1 N–H and O–H groups in total. The molecule has 1 rings (SSSR count). The van der Waals surface area contributed by atoms with Crippen molar-refractivity contribution in [2.45, 2.75) is 33.7 Å². The fourth-order valence-electron chi connectivity index (χ4n) is 2.21. The molecule has 1 amide bonds. The summed E-state index contributed by atoms with van der Waals surface area (Å²) >= 11 is 0. The molecular weight excluding hydrogens is 280 g/mol. The number of methoxy groups -OCH3 is 2. The lowest BCUT2D eigenvalue weighted by molar-refractivity contribution is 0.165. The van der Waals surface area contributed by atoms with Gasteiger partial charge in [0, 0.05) is 24.7 Å². The van der Waals surface area contributed by atoms with Crippen LogP contribution in [0.15, 0.2) is 24.3 Å². The number of para-hydroxylation sites is 1. The summed E-state index contributed by atoms with van der Waals surface area (Å²) in [4.78, 5) is 13.3. The van der Waals surface area contributed by atoms with Crippen molar-refractivity contribution in [3.05, 3.63) is 29.8 Å². The Morgan fingerprint density at radius 2 is 1.91 bits per heavy atom. The van der Waals surface area contributed by atoms with Crippen molar-refractivity contribution in [3.8, 4) is 5.75 Å². The summed E-state index contributed by atoms with van der Waals surface area (Å²) in [6, 6.07) is 8.22. The molecule has 0 bridgehead atoms. The normalized spacial score (nSPS) is 11.2. The van der Waals surface area contributed by atoms with Gasteiger partial charge in [-0.25, -0.2) is 4.79 Å². The lowest BCUT2D eigenvalue weighted by Crippen LogP contribution is -2.36. The first-order chi connectivity index (χ1) is 10.6. The molecule has 0 spiro atoms. The lowest BCUT2D eigenvalue weighted by Gasteiger charge is -2.29. The quantitative estimate of drug-likeness (QED) is 0.838. The van der Waals surface area contributed by atoms with E-state index in [9.17, 15) is 4.79 Å². The molecule has 0 aliphatic rings. The number of likely N-dealkylation sites (N-methyl/N-ethyl adjacent to an activating group) is 1. The summed E-state index contributed by atoms with van der Waals surface area (Å²) in [7, 11) is 3.05. The zero-order valence-corrected chi connectivity index (χ0v) is 14.7. The molecule has 0 unspecified atom stereocenters. The molecule has 0 heterocycles. The van der Waals surface area contributed by atoms with Crippen LogP contribution in [-0.4, -0.2) is 44.8 Å². The molecule has 1 aromatic carbocycles. The van der Waals surface area contributed by atoms with Crippen LogP contribution in [0.2, 0.25) is 0 Å². The highest BCUT2D eigenvalue weighted by Crippen LogP contribution is 2.28. The van der Waals surface area contributed by atoms with Crippen LogP contribution in [0, 0.1) is 0 Å². The molecular formula is C17H30N2O3. The number of nitrogens with one attached hydrogen (secondary N) is 1. The van der Waals surface area contributed by atoms with Crippen molar-refractivity contribution >= 4 is 6.09 Å². The Morgan fingerprint density at radius 1 is 1.27 bits per heavy atom. The topological polar surface area (TPSA) is 50.8 Å². The smallest absolute Gasteiger partial charge is 0.406 e. The van der Waals surface area contributed by atoms with E-state index in [1.807, 2.05) is 32.0 Å². The van der Waals surface area contributed by atoms with Crippen molar-refractivity contribution in [1.82, 2.24) is 10.2 Å². The highest BCUT2D eigenvalue weighted by Gasteiger charge is 2.17. The molecule has 0 saturated heterocycles. The SMILES string of the molecule is CC.CCN(CCNC(=O)OC)[C@@H](C)c1ccccc1OC. The molecule has 22 heavy (non-hydrogen) atoms. The molecule has 126 valence electrons. The molecule has 5 nitrogen and oxygen atoms in total. The van der Waals surface area contributed by atoms with Crippen LogP contribution in [0.3, 0.4) is 0 Å². The van der Waals surface area contributed by atoms with Crippen molar-refractivity contribution in [2.75, 3.05) is 33.9 Å². The van der Waals surface area contributed by atoms with Gasteiger partial charge in [-0.2, -0.15) is 0 Å². The van der Waals surface area contributed by atoms with E-state index in [1.54, 1.807) is 7.11 Å². The third-order valence-corrected chi connectivity index (χ3v) is 3.40. The van der Waals surface area contributed by atoms with E-state index in [4.69, 9.17) is 4.74 Å². The number of alkyl carbamates (subject to hydrolysis) is 1. The minimum absolute atomic E-state index is 0.218. The van der Waals surface area contributed by atoms with Crippen molar-refractivity contribution < 1.29 is 14.3 Å². The number of nitrogens with zero attached hydrogens (tertiary/aromatic N) is 1. The Kier molecular flexibility index (Phi) is 10.9. The maximum Gasteiger partial charge on any atom is 0.406 e. The summed E-state index contributed by atoms with van der Waals surface area (Å²) in [5.41, 5.74) is 1.15. The van der Waals surface area contributed by atoms with E-state index in [0.29, 0.717) is 6.54 Å². The van der Waals surface area contributed by atoms with Gasteiger partial charge in [0.25, 0.3) is 0 Å². The molecule has 0 radical (unpaired) electrons. The third-order valence-electron chi connectivity index (χ3n) is 3.40. The van der Waals surface area contributed by atoms with E-state index >= 15 is 0 Å². The summed E-state index contributed by atoms with van der Waals surface area (Å²) < 4.78 is 9.96. The number of hydrogen-bond donors (Lipinski definition) is 1. The van der Waals surface area contributed by atoms with Crippen LogP contribution in [0.5, 0.6) is 5.75 Å². The number of rotatable bonds is 7. The zero-order valence-electron chi connectivity index (χ0n) is 14.7. The monoisotopic (exact) mass is 310 g/mol. The van der Waals surface area contributed by atoms with E-state index < -0.39 is 6.09 Å². The number of carbonyl (C=O) groups excluding carboxylic acids is 1. The van der Waals surface area contributed by atoms with Gasteiger partial charge in [0.2, 0.25) is 0 Å². The third kappa shape index (κ3) is 6.35. The molecule has 1 atom stereocenters. The van der Waals surface area contributed by atoms with Gasteiger partial charge in [-0.05, 0) is 19.5 Å². The second kappa shape index (κ2) is 11.9. The summed E-state index contributed by atoms with van der Waals surface area (Å²) in [6.07, 6.45) is -0.397. The van der Waals surface area contributed by atoms with Crippen LogP contribution in [0.1, 0.15) is 39.3 Å². The summed E-state index contributed by atoms with van der Waals surface area (Å²) in [5, 5.41) is 2.70. The fourth-order valence-corrected chi connectivity index (χ4v) is 2.21. The fraction of sp³-hybridized carbons (Fsp3) is 0.588. The Labute approximate surface area is 134 Å². The molecule has 1 aromatic rings. The van der Waals surface area contributed by atoms with Crippen molar-refractivity contribution in [2.24, 2.45) is 0 Å². The molecule has 5 heteroatoms. The molecule has 0 fully saturated rings. The Morgan fingerprint density at radius 3 is 2.45 bits per heavy atom. The highest BCUT2D eigenvalue weighted by molar-refractivity contribution is 5.66. The van der Waals surface area contributed by atoms with Crippen LogP contribution < -0.4 is 10.1 Å².